The maximum absolute atomic E-state index is 12.0. The van der Waals surface area contributed by atoms with Gasteiger partial charge in [-0.15, -0.1) is 11.8 Å². The van der Waals surface area contributed by atoms with Gasteiger partial charge in [0.2, 0.25) is 0 Å². The molecule has 2 N–H and O–H groups in total. The molecule has 0 radical (unpaired) electrons. The highest BCUT2D eigenvalue weighted by molar-refractivity contribution is 8.00. The van der Waals surface area contributed by atoms with Crippen molar-refractivity contribution >= 4 is 23.5 Å². The molecule has 0 unspecified atom stereocenters. The summed E-state index contributed by atoms with van der Waals surface area (Å²) in [7, 11) is 1.74. The van der Waals surface area contributed by atoms with E-state index in [0.717, 1.165) is 10.9 Å². The van der Waals surface area contributed by atoms with Gasteiger partial charge in [0.15, 0.2) is 0 Å². The van der Waals surface area contributed by atoms with Crippen molar-refractivity contribution < 1.29 is 9.90 Å². The highest BCUT2D eigenvalue weighted by Gasteiger charge is 2.16. The first-order valence-electron chi connectivity index (χ1n) is 8.01. The van der Waals surface area contributed by atoms with Crippen molar-refractivity contribution in [3.8, 4) is 0 Å². The summed E-state index contributed by atoms with van der Waals surface area (Å²) in [5, 5.41) is 12.9. The lowest BCUT2D eigenvalue weighted by atomic mass is 10.3. The average Bonchev–Trinajstić information content (AvgIpc) is 2.99. The fraction of sp³-hybridized carbons (Fsp3) is 0.588. The molecule has 2 amide bonds. The Bertz CT molecular complexity index is 470. The van der Waals surface area contributed by atoms with Crippen molar-refractivity contribution in [2.45, 2.75) is 55.3 Å². The summed E-state index contributed by atoms with van der Waals surface area (Å²) in [6.07, 6.45) is 5.53. The number of aliphatic hydroxyl groups is 1. The summed E-state index contributed by atoms with van der Waals surface area (Å²) in [5.41, 5.74) is 0.810. The Hall–Kier alpha value is -1.20. The lowest BCUT2D eigenvalue weighted by Crippen LogP contribution is -2.33. The second-order valence-electron chi connectivity index (χ2n) is 6.04. The minimum Gasteiger partial charge on any atom is -0.393 e. The molecule has 1 saturated carbocycles. The molecule has 122 valence electrons. The van der Waals surface area contributed by atoms with Crippen LogP contribution in [0.2, 0.25) is 0 Å². The number of hydrogen-bond acceptors (Lipinski definition) is 3. The van der Waals surface area contributed by atoms with Gasteiger partial charge in [0.05, 0.1) is 6.10 Å². The fourth-order valence-electron chi connectivity index (χ4n) is 2.52. The molecule has 1 aromatic carbocycles. The molecule has 22 heavy (non-hydrogen) atoms. The molecule has 1 atom stereocenters. The van der Waals surface area contributed by atoms with Crippen molar-refractivity contribution in [3.63, 3.8) is 0 Å². The number of hydrogen-bond donors (Lipinski definition) is 2. The Morgan fingerprint density at radius 2 is 2.00 bits per heavy atom. The first kappa shape index (κ1) is 17.2. The summed E-state index contributed by atoms with van der Waals surface area (Å²) < 4.78 is 0. The largest absolute Gasteiger partial charge is 0.393 e. The first-order chi connectivity index (χ1) is 10.5. The van der Waals surface area contributed by atoms with E-state index in [1.54, 1.807) is 18.9 Å². The molecule has 2 rings (SSSR count). The molecule has 0 bridgehead atoms. The van der Waals surface area contributed by atoms with E-state index in [-0.39, 0.29) is 12.1 Å². The molecule has 0 spiro atoms. The number of urea groups is 1. The van der Waals surface area contributed by atoms with E-state index in [2.05, 4.69) is 17.4 Å². The third-order valence-corrected chi connectivity index (χ3v) is 5.29. The van der Waals surface area contributed by atoms with Crippen molar-refractivity contribution in [1.29, 1.82) is 0 Å². The monoisotopic (exact) mass is 322 g/mol. The smallest absolute Gasteiger partial charge is 0.321 e. The van der Waals surface area contributed by atoms with Crippen LogP contribution in [0.1, 0.15) is 39.0 Å². The molecule has 1 fully saturated rings. The number of rotatable bonds is 6. The normalized spacial score (nSPS) is 16.5. The third-order valence-electron chi connectivity index (χ3n) is 3.94. The van der Waals surface area contributed by atoms with E-state index in [9.17, 15) is 9.90 Å². The zero-order valence-corrected chi connectivity index (χ0v) is 14.2. The minimum absolute atomic E-state index is 0.142. The van der Waals surface area contributed by atoms with Crippen LogP contribution >= 0.6 is 11.8 Å². The molecule has 1 aliphatic carbocycles. The van der Waals surface area contributed by atoms with Gasteiger partial charge in [-0.1, -0.05) is 12.8 Å². The van der Waals surface area contributed by atoms with Gasteiger partial charge in [0.1, 0.15) is 0 Å². The van der Waals surface area contributed by atoms with Gasteiger partial charge in [-0.25, -0.2) is 4.79 Å². The highest BCUT2D eigenvalue weighted by Crippen LogP contribution is 2.34. The quantitative estimate of drug-likeness (QED) is 0.833. The van der Waals surface area contributed by atoms with Crippen LogP contribution in [0, 0.1) is 0 Å². The van der Waals surface area contributed by atoms with Crippen LogP contribution in [0.5, 0.6) is 0 Å². The molecule has 5 heteroatoms. The maximum atomic E-state index is 12.0. The van der Waals surface area contributed by atoms with E-state index >= 15 is 0 Å². The van der Waals surface area contributed by atoms with E-state index in [1.807, 2.05) is 23.9 Å². The number of aliphatic hydroxyl groups excluding tert-OH is 1. The summed E-state index contributed by atoms with van der Waals surface area (Å²) >= 11 is 1.95. The zero-order chi connectivity index (χ0) is 15.9. The SMILES string of the molecule is C[C@H](O)CCN(C)C(=O)Nc1ccc(SC2CCCC2)cc1. The molecule has 0 saturated heterocycles. The number of thioether (sulfide) groups is 1. The van der Waals surface area contributed by atoms with Crippen LogP contribution in [-0.2, 0) is 0 Å². The lowest BCUT2D eigenvalue weighted by Gasteiger charge is -2.19. The molecule has 1 aliphatic rings. The predicted octanol–water partition coefficient (Wildman–Crippen LogP) is 3.96. The summed E-state index contributed by atoms with van der Waals surface area (Å²) in [5.74, 6) is 0. The number of benzene rings is 1. The van der Waals surface area contributed by atoms with Crippen LogP contribution in [0.15, 0.2) is 29.2 Å². The first-order valence-corrected chi connectivity index (χ1v) is 8.89. The van der Waals surface area contributed by atoms with E-state index in [0.29, 0.717) is 13.0 Å². The summed E-state index contributed by atoms with van der Waals surface area (Å²) in [6, 6.07) is 7.93. The van der Waals surface area contributed by atoms with E-state index < -0.39 is 0 Å². The molecule has 1 aromatic rings. The molecule has 0 heterocycles. The Balaban J connectivity index is 1.81. The average molecular weight is 322 g/mol. The Morgan fingerprint density at radius 3 is 2.59 bits per heavy atom. The van der Waals surface area contributed by atoms with E-state index in [4.69, 9.17) is 0 Å². The van der Waals surface area contributed by atoms with Gasteiger partial charge in [-0.2, -0.15) is 0 Å². The van der Waals surface area contributed by atoms with Gasteiger partial charge in [-0.3, -0.25) is 0 Å². The maximum Gasteiger partial charge on any atom is 0.321 e. The second-order valence-corrected chi connectivity index (χ2v) is 7.41. The summed E-state index contributed by atoms with van der Waals surface area (Å²) in [4.78, 5) is 14.9. The topological polar surface area (TPSA) is 52.6 Å². The number of anilines is 1. The number of carbonyl (C=O) groups excluding carboxylic acids is 1. The number of nitrogens with one attached hydrogen (secondary N) is 1. The van der Waals surface area contributed by atoms with Crippen molar-refractivity contribution in [2.75, 3.05) is 18.9 Å². The van der Waals surface area contributed by atoms with E-state index in [1.165, 1.54) is 30.6 Å². The van der Waals surface area contributed by atoms with Crippen LogP contribution < -0.4 is 5.32 Å². The minimum atomic E-state index is -0.387. The van der Waals surface area contributed by atoms with Crippen LogP contribution in [-0.4, -0.2) is 41.0 Å². The van der Waals surface area contributed by atoms with Gasteiger partial charge in [-0.05, 0) is 50.5 Å². The molecular weight excluding hydrogens is 296 g/mol. The lowest BCUT2D eigenvalue weighted by molar-refractivity contribution is 0.167. The molecule has 0 aromatic heterocycles. The number of nitrogens with zero attached hydrogens (tertiary/aromatic N) is 1. The van der Waals surface area contributed by atoms with Crippen LogP contribution in [0.25, 0.3) is 0 Å². The molecule has 0 aliphatic heterocycles. The predicted molar refractivity (Wildman–Crippen MR) is 92.5 cm³/mol. The van der Waals surface area contributed by atoms with Gasteiger partial charge >= 0.3 is 6.03 Å². The Labute approximate surface area is 137 Å². The van der Waals surface area contributed by atoms with Crippen LogP contribution in [0.4, 0.5) is 10.5 Å². The molecular formula is C17H26N2O2S. The Kier molecular flexibility index (Phi) is 6.58. The van der Waals surface area contributed by atoms with Crippen molar-refractivity contribution in [2.24, 2.45) is 0 Å². The van der Waals surface area contributed by atoms with Gasteiger partial charge in [0.25, 0.3) is 0 Å². The number of carbonyl (C=O) groups is 1. The highest BCUT2D eigenvalue weighted by atomic mass is 32.2. The third kappa shape index (κ3) is 5.54. The second kappa shape index (κ2) is 8.44. The van der Waals surface area contributed by atoms with Gasteiger partial charge in [0, 0.05) is 29.4 Å². The van der Waals surface area contributed by atoms with Crippen LogP contribution in [0.3, 0.4) is 0 Å². The fourth-order valence-corrected chi connectivity index (χ4v) is 3.76. The van der Waals surface area contributed by atoms with Crippen molar-refractivity contribution in [1.82, 2.24) is 4.90 Å². The molecule has 4 nitrogen and oxygen atoms in total. The standard InChI is InChI=1S/C17H26N2O2S/c1-13(20)11-12-19(2)17(21)18-14-7-9-16(10-8-14)22-15-5-3-4-6-15/h7-10,13,15,20H,3-6,11-12H2,1-2H3,(H,18,21)/t13-/m0/s1. The van der Waals surface area contributed by atoms with Crippen molar-refractivity contribution in [3.05, 3.63) is 24.3 Å². The summed E-state index contributed by atoms with van der Waals surface area (Å²) in [6.45, 7) is 2.27. The zero-order valence-electron chi connectivity index (χ0n) is 13.4. The van der Waals surface area contributed by atoms with Gasteiger partial charge < -0.3 is 15.3 Å². The number of amides is 2. The Morgan fingerprint density at radius 1 is 1.36 bits per heavy atom.